The predicted octanol–water partition coefficient (Wildman–Crippen LogP) is 3.85. The Morgan fingerprint density at radius 1 is 1.20 bits per heavy atom. The van der Waals surface area contributed by atoms with Crippen LogP contribution in [0.1, 0.15) is 5.56 Å². The number of benzene rings is 2. The van der Waals surface area contributed by atoms with Gasteiger partial charge in [0.1, 0.15) is 11.6 Å². The van der Waals surface area contributed by atoms with Crippen LogP contribution >= 0.6 is 11.6 Å². The van der Waals surface area contributed by atoms with Crippen LogP contribution in [0.4, 0.5) is 14.7 Å². The number of fused-ring (bicyclic) bond motifs is 1. The molecule has 0 unspecified atom stereocenters. The number of nitrogen functional groups attached to an aromatic ring is 1. The summed E-state index contributed by atoms with van der Waals surface area (Å²) in [6.07, 6.45) is 0. The fraction of sp³-hybridized carbons (Fsp3) is 0.0714. The van der Waals surface area contributed by atoms with Crippen molar-refractivity contribution >= 4 is 28.6 Å². The maximum absolute atomic E-state index is 13.7. The molecule has 0 aliphatic heterocycles. The van der Waals surface area contributed by atoms with E-state index in [4.69, 9.17) is 17.3 Å². The Morgan fingerprint density at radius 2 is 1.95 bits per heavy atom. The molecular formula is C14H10ClF2N3. The van der Waals surface area contributed by atoms with E-state index < -0.39 is 5.82 Å². The van der Waals surface area contributed by atoms with Crippen LogP contribution in [-0.2, 0) is 0 Å². The first kappa shape index (κ1) is 12.9. The topological polar surface area (TPSA) is 43.8 Å². The molecule has 2 N–H and O–H groups in total. The minimum atomic E-state index is -0.570. The van der Waals surface area contributed by atoms with E-state index in [0.717, 1.165) is 0 Å². The van der Waals surface area contributed by atoms with Crippen molar-refractivity contribution in [1.82, 2.24) is 9.55 Å². The molecule has 3 nitrogen and oxygen atoms in total. The Hall–Kier alpha value is -2.14. The molecule has 6 heteroatoms. The highest BCUT2D eigenvalue weighted by atomic mass is 35.5. The fourth-order valence-electron chi connectivity index (χ4n) is 2.18. The van der Waals surface area contributed by atoms with Crippen LogP contribution in [0.2, 0.25) is 5.02 Å². The standard InChI is InChI=1S/C14H10ClF2N3/c1-7-9(16)3-2-4-12(7)20-13-5-8(15)10(17)6-11(13)19-14(20)18/h2-6H,1H3,(H2,18,19). The molecule has 0 fully saturated rings. The first-order valence-corrected chi connectivity index (χ1v) is 6.25. The summed E-state index contributed by atoms with van der Waals surface area (Å²) in [5, 5.41) is -0.0345. The molecule has 0 saturated heterocycles. The molecule has 0 spiro atoms. The van der Waals surface area contributed by atoms with Gasteiger partial charge >= 0.3 is 0 Å². The minimum absolute atomic E-state index is 0.0345. The SMILES string of the molecule is Cc1c(F)cccc1-n1c(N)nc2cc(F)c(Cl)cc21. The van der Waals surface area contributed by atoms with E-state index in [9.17, 15) is 8.78 Å². The van der Waals surface area contributed by atoms with Crippen molar-refractivity contribution in [1.29, 1.82) is 0 Å². The summed E-state index contributed by atoms with van der Waals surface area (Å²) < 4.78 is 28.7. The average Bonchev–Trinajstić information content (AvgIpc) is 2.69. The predicted molar refractivity (Wildman–Crippen MR) is 75.1 cm³/mol. The maximum atomic E-state index is 13.7. The van der Waals surface area contributed by atoms with Gasteiger partial charge in [-0.05, 0) is 25.1 Å². The summed E-state index contributed by atoms with van der Waals surface area (Å²) >= 11 is 5.80. The number of halogens is 3. The van der Waals surface area contributed by atoms with E-state index in [-0.39, 0.29) is 16.8 Å². The molecule has 0 amide bonds. The maximum Gasteiger partial charge on any atom is 0.205 e. The van der Waals surface area contributed by atoms with E-state index in [1.165, 1.54) is 18.2 Å². The van der Waals surface area contributed by atoms with Crippen molar-refractivity contribution in [2.45, 2.75) is 6.92 Å². The lowest BCUT2D eigenvalue weighted by Gasteiger charge is -2.10. The smallest absolute Gasteiger partial charge is 0.205 e. The van der Waals surface area contributed by atoms with Crippen LogP contribution in [0, 0.1) is 18.6 Å². The summed E-state index contributed by atoms with van der Waals surface area (Å²) in [4.78, 5) is 4.08. The Balaban J connectivity index is 2.39. The highest BCUT2D eigenvalue weighted by Crippen LogP contribution is 2.29. The lowest BCUT2D eigenvalue weighted by molar-refractivity contribution is 0.617. The van der Waals surface area contributed by atoms with E-state index in [0.29, 0.717) is 22.3 Å². The summed E-state index contributed by atoms with van der Waals surface area (Å²) in [6, 6.07) is 7.29. The van der Waals surface area contributed by atoms with Crippen LogP contribution in [0.15, 0.2) is 30.3 Å². The lowest BCUT2D eigenvalue weighted by atomic mass is 10.2. The molecule has 1 aromatic heterocycles. The van der Waals surface area contributed by atoms with Gasteiger partial charge in [0.05, 0.1) is 21.7 Å². The second-order valence-corrected chi connectivity index (χ2v) is 4.85. The number of rotatable bonds is 1. The molecule has 0 radical (unpaired) electrons. The van der Waals surface area contributed by atoms with E-state index in [2.05, 4.69) is 4.98 Å². The Morgan fingerprint density at radius 3 is 2.70 bits per heavy atom. The quantitative estimate of drug-likeness (QED) is 0.740. The largest absolute Gasteiger partial charge is 0.369 e. The first-order valence-electron chi connectivity index (χ1n) is 5.87. The minimum Gasteiger partial charge on any atom is -0.369 e. The zero-order valence-corrected chi connectivity index (χ0v) is 11.2. The summed E-state index contributed by atoms with van der Waals surface area (Å²) in [7, 11) is 0. The van der Waals surface area contributed by atoms with Crippen LogP contribution in [0.3, 0.4) is 0 Å². The van der Waals surface area contributed by atoms with E-state index in [1.54, 1.807) is 23.6 Å². The third kappa shape index (κ3) is 1.82. The number of hydrogen-bond donors (Lipinski definition) is 1. The number of nitrogens with two attached hydrogens (primary N) is 1. The van der Waals surface area contributed by atoms with Crippen LogP contribution in [0.25, 0.3) is 16.7 Å². The molecule has 3 aromatic rings. The average molecular weight is 294 g/mol. The Bertz CT molecular complexity index is 827. The monoisotopic (exact) mass is 293 g/mol. The van der Waals surface area contributed by atoms with Gasteiger partial charge in [0, 0.05) is 11.6 Å². The van der Waals surface area contributed by atoms with Crippen molar-refractivity contribution in [3.8, 4) is 5.69 Å². The number of aromatic nitrogens is 2. The van der Waals surface area contributed by atoms with Crippen molar-refractivity contribution in [3.63, 3.8) is 0 Å². The summed E-state index contributed by atoms with van der Waals surface area (Å²) in [6.45, 7) is 1.64. The van der Waals surface area contributed by atoms with Crippen LogP contribution in [0.5, 0.6) is 0 Å². The van der Waals surface area contributed by atoms with Gasteiger partial charge in [0.2, 0.25) is 5.95 Å². The Kier molecular flexibility index (Phi) is 2.87. The number of anilines is 1. The molecule has 0 atom stereocenters. The molecular weight excluding hydrogens is 284 g/mol. The van der Waals surface area contributed by atoms with Gasteiger partial charge in [-0.15, -0.1) is 0 Å². The van der Waals surface area contributed by atoms with Crippen LogP contribution in [-0.4, -0.2) is 9.55 Å². The van der Waals surface area contributed by atoms with Crippen molar-refractivity contribution in [2.24, 2.45) is 0 Å². The fourth-order valence-corrected chi connectivity index (χ4v) is 2.34. The van der Waals surface area contributed by atoms with Gasteiger partial charge < -0.3 is 5.73 Å². The lowest BCUT2D eigenvalue weighted by Crippen LogP contribution is -2.03. The van der Waals surface area contributed by atoms with Crippen molar-refractivity contribution in [3.05, 3.63) is 52.6 Å². The molecule has 0 bridgehead atoms. The second-order valence-electron chi connectivity index (χ2n) is 4.44. The molecule has 102 valence electrons. The van der Waals surface area contributed by atoms with Gasteiger partial charge in [0.15, 0.2) is 0 Å². The molecule has 0 aliphatic carbocycles. The molecule has 20 heavy (non-hydrogen) atoms. The zero-order chi connectivity index (χ0) is 14.4. The molecule has 0 saturated carbocycles. The van der Waals surface area contributed by atoms with Gasteiger partial charge in [-0.3, -0.25) is 4.57 Å². The van der Waals surface area contributed by atoms with Gasteiger partial charge in [0.25, 0.3) is 0 Å². The molecule has 3 rings (SSSR count). The summed E-state index contributed by atoms with van der Waals surface area (Å²) in [5.41, 5.74) is 7.75. The van der Waals surface area contributed by atoms with Gasteiger partial charge in [-0.25, -0.2) is 13.8 Å². The van der Waals surface area contributed by atoms with Crippen molar-refractivity contribution < 1.29 is 8.78 Å². The number of hydrogen-bond acceptors (Lipinski definition) is 2. The second kappa shape index (κ2) is 4.45. The Labute approximate surface area is 118 Å². The van der Waals surface area contributed by atoms with E-state index in [1.807, 2.05) is 0 Å². The molecule has 2 aromatic carbocycles. The normalized spacial score (nSPS) is 11.2. The summed E-state index contributed by atoms with van der Waals surface area (Å²) in [5.74, 6) is -0.771. The highest BCUT2D eigenvalue weighted by molar-refractivity contribution is 6.31. The van der Waals surface area contributed by atoms with E-state index >= 15 is 0 Å². The molecule has 1 heterocycles. The third-order valence-electron chi connectivity index (χ3n) is 3.20. The number of nitrogens with zero attached hydrogens (tertiary/aromatic N) is 2. The van der Waals surface area contributed by atoms with Gasteiger partial charge in [-0.1, -0.05) is 17.7 Å². The third-order valence-corrected chi connectivity index (χ3v) is 3.49. The highest BCUT2D eigenvalue weighted by Gasteiger charge is 2.15. The first-order chi connectivity index (χ1) is 9.49. The zero-order valence-electron chi connectivity index (χ0n) is 10.5. The van der Waals surface area contributed by atoms with Crippen LogP contribution < -0.4 is 5.73 Å². The van der Waals surface area contributed by atoms with Crippen molar-refractivity contribution in [2.75, 3.05) is 5.73 Å². The number of imidazole rings is 1. The van der Waals surface area contributed by atoms with Gasteiger partial charge in [-0.2, -0.15) is 0 Å². The molecule has 0 aliphatic rings.